The highest BCUT2D eigenvalue weighted by Crippen LogP contribution is 2.19. The van der Waals surface area contributed by atoms with Gasteiger partial charge in [-0.05, 0) is 37.5 Å². The number of thioether (sulfide) groups is 1. The van der Waals surface area contributed by atoms with Gasteiger partial charge in [0.1, 0.15) is 0 Å². The fourth-order valence-corrected chi connectivity index (χ4v) is 3.41. The second-order valence-corrected chi connectivity index (χ2v) is 5.86. The van der Waals surface area contributed by atoms with E-state index in [2.05, 4.69) is 17.6 Å². The van der Waals surface area contributed by atoms with Gasteiger partial charge in [0, 0.05) is 11.8 Å². The number of nitrogens with one attached hydrogen (secondary N) is 2. The topological polar surface area (TPSA) is 41.1 Å². The lowest BCUT2D eigenvalue weighted by atomic mass is 9.94. The van der Waals surface area contributed by atoms with Crippen LogP contribution in [0.5, 0.6) is 0 Å². The van der Waals surface area contributed by atoms with Crippen molar-refractivity contribution in [3.05, 3.63) is 0 Å². The molecule has 0 spiro atoms. The molecule has 3 nitrogen and oxygen atoms in total. The second-order valence-electron chi connectivity index (χ2n) is 4.71. The maximum absolute atomic E-state index is 11.9. The first-order chi connectivity index (χ1) is 7.25. The van der Waals surface area contributed by atoms with E-state index in [4.69, 9.17) is 0 Å². The van der Waals surface area contributed by atoms with Crippen LogP contribution in [0.2, 0.25) is 0 Å². The van der Waals surface area contributed by atoms with Gasteiger partial charge in [-0.2, -0.15) is 11.8 Å². The van der Waals surface area contributed by atoms with Crippen molar-refractivity contribution in [3.8, 4) is 0 Å². The minimum Gasteiger partial charge on any atom is -0.351 e. The largest absolute Gasteiger partial charge is 0.351 e. The summed E-state index contributed by atoms with van der Waals surface area (Å²) in [7, 11) is 0. The molecule has 4 heteroatoms. The highest BCUT2D eigenvalue weighted by molar-refractivity contribution is 7.99. The molecule has 15 heavy (non-hydrogen) atoms. The van der Waals surface area contributed by atoms with E-state index < -0.39 is 0 Å². The molecular weight excluding hydrogens is 208 g/mol. The number of carbonyl (C=O) groups is 1. The van der Waals surface area contributed by atoms with Gasteiger partial charge in [-0.25, -0.2) is 0 Å². The standard InChI is InChI=1S/C11H20N2OS/c1-8-2-4-12-10(6-8)11(14)13-9-3-5-15-7-9/h8-10,12H,2-7H2,1H3,(H,13,14). The summed E-state index contributed by atoms with van der Waals surface area (Å²) < 4.78 is 0. The van der Waals surface area contributed by atoms with Crippen molar-refractivity contribution in [1.29, 1.82) is 0 Å². The summed E-state index contributed by atoms with van der Waals surface area (Å²) in [6.45, 7) is 3.21. The Hall–Kier alpha value is -0.220. The van der Waals surface area contributed by atoms with Gasteiger partial charge in [0.2, 0.25) is 5.91 Å². The van der Waals surface area contributed by atoms with Crippen molar-refractivity contribution in [2.45, 2.75) is 38.3 Å². The van der Waals surface area contributed by atoms with Crippen molar-refractivity contribution >= 4 is 17.7 Å². The minimum atomic E-state index is 0.0550. The zero-order valence-electron chi connectivity index (χ0n) is 9.29. The van der Waals surface area contributed by atoms with Gasteiger partial charge in [0.25, 0.3) is 0 Å². The van der Waals surface area contributed by atoms with Crippen LogP contribution in [0.1, 0.15) is 26.2 Å². The number of hydrogen-bond donors (Lipinski definition) is 2. The van der Waals surface area contributed by atoms with E-state index in [0.717, 1.165) is 25.1 Å². The third-order valence-corrected chi connectivity index (χ3v) is 4.42. The van der Waals surface area contributed by atoms with Crippen LogP contribution in [0.4, 0.5) is 0 Å². The van der Waals surface area contributed by atoms with Crippen molar-refractivity contribution in [2.24, 2.45) is 5.92 Å². The summed E-state index contributed by atoms with van der Waals surface area (Å²) in [6, 6.07) is 0.473. The molecule has 0 aromatic rings. The first kappa shape index (κ1) is 11.3. The summed E-state index contributed by atoms with van der Waals surface area (Å²) in [6.07, 6.45) is 3.33. The van der Waals surface area contributed by atoms with Gasteiger partial charge in [0.05, 0.1) is 6.04 Å². The smallest absolute Gasteiger partial charge is 0.237 e. The lowest BCUT2D eigenvalue weighted by Gasteiger charge is -2.28. The highest BCUT2D eigenvalue weighted by atomic mass is 32.2. The molecule has 1 amide bonds. The molecule has 2 fully saturated rings. The number of piperidine rings is 1. The average Bonchev–Trinajstić information content (AvgIpc) is 2.70. The SMILES string of the molecule is CC1CCNC(C(=O)NC2CCSC2)C1. The average molecular weight is 228 g/mol. The number of carbonyl (C=O) groups excluding carboxylic acids is 1. The van der Waals surface area contributed by atoms with Crippen LogP contribution >= 0.6 is 11.8 Å². The quantitative estimate of drug-likeness (QED) is 0.741. The molecule has 2 aliphatic heterocycles. The predicted octanol–water partition coefficient (Wildman–Crippen LogP) is 0.996. The van der Waals surface area contributed by atoms with Gasteiger partial charge in [0.15, 0.2) is 0 Å². The Balaban J connectivity index is 1.78. The summed E-state index contributed by atoms with van der Waals surface area (Å²) in [5.74, 6) is 3.18. The van der Waals surface area contributed by atoms with Crippen molar-refractivity contribution in [3.63, 3.8) is 0 Å². The van der Waals surface area contributed by atoms with Gasteiger partial charge < -0.3 is 10.6 Å². The van der Waals surface area contributed by atoms with Crippen molar-refractivity contribution < 1.29 is 4.79 Å². The predicted molar refractivity (Wildman–Crippen MR) is 64.1 cm³/mol. The monoisotopic (exact) mass is 228 g/mol. The van der Waals surface area contributed by atoms with Crippen LogP contribution in [0.15, 0.2) is 0 Å². The molecule has 86 valence electrons. The van der Waals surface area contributed by atoms with Crippen LogP contribution in [0.25, 0.3) is 0 Å². The summed E-state index contributed by atoms with van der Waals surface area (Å²) >= 11 is 1.94. The maximum Gasteiger partial charge on any atom is 0.237 e. The van der Waals surface area contributed by atoms with Crippen molar-refractivity contribution in [2.75, 3.05) is 18.1 Å². The fraction of sp³-hybridized carbons (Fsp3) is 0.909. The molecule has 0 aromatic carbocycles. The molecular formula is C11H20N2OS. The van der Waals surface area contributed by atoms with E-state index in [-0.39, 0.29) is 11.9 Å². The number of rotatable bonds is 2. The summed E-state index contributed by atoms with van der Waals surface area (Å²) in [4.78, 5) is 11.9. The Bertz CT molecular complexity index is 229. The third-order valence-electron chi connectivity index (χ3n) is 3.26. The molecule has 2 aliphatic rings. The molecule has 2 N–H and O–H groups in total. The Morgan fingerprint density at radius 2 is 2.33 bits per heavy atom. The molecule has 0 aliphatic carbocycles. The third kappa shape index (κ3) is 3.11. The highest BCUT2D eigenvalue weighted by Gasteiger charge is 2.26. The first-order valence-electron chi connectivity index (χ1n) is 5.87. The Morgan fingerprint density at radius 1 is 1.47 bits per heavy atom. The molecule has 0 aromatic heterocycles. The Labute approximate surface area is 95.8 Å². The first-order valence-corrected chi connectivity index (χ1v) is 7.02. The van der Waals surface area contributed by atoms with E-state index in [9.17, 15) is 4.79 Å². The van der Waals surface area contributed by atoms with Crippen LogP contribution in [-0.4, -0.2) is 36.0 Å². The van der Waals surface area contributed by atoms with Crippen LogP contribution in [0.3, 0.4) is 0 Å². The minimum absolute atomic E-state index is 0.0550. The lowest BCUT2D eigenvalue weighted by Crippen LogP contribution is -2.51. The van der Waals surface area contributed by atoms with E-state index in [1.54, 1.807) is 0 Å². The van der Waals surface area contributed by atoms with Gasteiger partial charge in [-0.15, -0.1) is 0 Å². The van der Waals surface area contributed by atoms with Gasteiger partial charge in [-0.1, -0.05) is 6.92 Å². The lowest BCUT2D eigenvalue weighted by molar-refractivity contribution is -0.124. The Morgan fingerprint density at radius 3 is 3.00 bits per heavy atom. The molecule has 2 rings (SSSR count). The summed E-state index contributed by atoms with van der Waals surface area (Å²) in [5.41, 5.74) is 0. The van der Waals surface area contributed by atoms with Crippen molar-refractivity contribution in [1.82, 2.24) is 10.6 Å². The zero-order valence-corrected chi connectivity index (χ0v) is 10.1. The van der Waals surface area contributed by atoms with Crippen LogP contribution < -0.4 is 10.6 Å². The normalized spacial score (nSPS) is 36.5. The number of amides is 1. The van der Waals surface area contributed by atoms with Crippen LogP contribution in [-0.2, 0) is 4.79 Å². The van der Waals surface area contributed by atoms with Gasteiger partial charge >= 0.3 is 0 Å². The summed E-state index contributed by atoms with van der Waals surface area (Å²) in [5, 5.41) is 6.45. The molecule has 0 saturated carbocycles. The maximum atomic E-state index is 11.9. The molecule has 2 heterocycles. The van der Waals surface area contributed by atoms with E-state index in [1.807, 2.05) is 11.8 Å². The van der Waals surface area contributed by atoms with Crippen LogP contribution in [0, 0.1) is 5.92 Å². The molecule has 2 saturated heterocycles. The van der Waals surface area contributed by atoms with E-state index in [0.29, 0.717) is 12.0 Å². The number of hydrogen-bond acceptors (Lipinski definition) is 3. The van der Waals surface area contributed by atoms with E-state index in [1.165, 1.54) is 12.2 Å². The molecule has 0 bridgehead atoms. The van der Waals surface area contributed by atoms with E-state index >= 15 is 0 Å². The fourth-order valence-electron chi connectivity index (χ4n) is 2.26. The second kappa shape index (κ2) is 5.21. The Kier molecular flexibility index (Phi) is 3.92. The molecule has 3 atom stereocenters. The van der Waals surface area contributed by atoms with Gasteiger partial charge in [-0.3, -0.25) is 4.79 Å². The molecule has 0 radical (unpaired) electrons. The molecule has 3 unspecified atom stereocenters. The zero-order chi connectivity index (χ0) is 10.7.